The highest BCUT2D eigenvalue weighted by molar-refractivity contribution is 5.84. The minimum Gasteiger partial charge on any atom is -0.480 e. The first kappa shape index (κ1) is 13.1. The number of carboxylic acid groups (broad SMARTS) is 2. The number of nitrogens with two attached hydrogens (primary N) is 1. The van der Waals surface area contributed by atoms with Gasteiger partial charge < -0.3 is 20.7 Å². The van der Waals surface area contributed by atoms with Gasteiger partial charge in [-0.05, 0) is 5.56 Å². The van der Waals surface area contributed by atoms with Gasteiger partial charge in [0.1, 0.15) is 6.04 Å². The summed E-state index contributed by atoms with van der Waals surface area (Å²) >= 11 is 0. The first-order valence-corrected chi connectivity index (χ1v) is 4.89. The van der Waals surface area contributed by atoms with Gasteiger partial charge in [-0.3, -0.25) is 4.79 Å². The predicted octanol–water partition coefficient (Wildman–Crippen LogP) is 0.0683. The molecule has 2 atom stereocenters. The van der Waals surface area contributed by atoms with Crippen molar-refractivity contribution in [3.05, 3.63) is 35.9 Å². The van der Waals surface area contributed by atoms with Crippen molar-refractivity contribution in [1.82, 2.24) is 0 Å². The molecule has 1 unspecified atom stereocenters. The second-order valence-corrected chi connectivity index (χ2v) is 3.42. The molecule has 0 aromatic heterocycles. The average Bonchev–Trinajstić information content (AvgIpc) is 2.29. The number of aliphatic carboxylic acids is 2. The van der Waals surface area contributed by atoms with E-state index in [0.717, 1.165) is 5.56 Å². The zero-order valence-electron chi connectivity index (χ0n) is 8.95. The molecule has 0 aliphatic carbocycles. The summed E-state index contributed by atoms with van der Waals surface area (Å²) in [4.78, 5) is 21.4. The number of rotatable bonds is 6. The monoisotopic (exact) mass is 239 g/mol. The van der Waals surface area contributed by atoms with Crippen molar-refractivity contribution in [3.63, 3.8) is 0 Å². The van der Waals surface area contributed by atoms with E-state index in [1.807, 2.05) is 0 Å². The van der Waals surface area contributed by atoms with E-state index in [1.165, 1.54) is 0 Å². The maximum atomic E-state index is 10.8. The molecule has 6 heteroatoms. The van der Waals surface area contributed by atoms with Gasteiger partial charge in [-0.1, -0.05) is 30.3 Å². The van der Waals surface area contributed by atoms with Crippen LogP contribution in [0.4, 0.5) is 0 Å². The second kappa shape index (κ2) is 5.97. The van der Waals surface area contributed by atoms with E-state index in [0.29, 0.717) is 0 Å². The lowest BCUT2D eigenvalue weighted by Gasteiger charge is -2.17. The number of benzene rings is 1. The van der Waals surface area contributed by atoms with Crippen molar-refractivity contribution in [1.29, 1.82) is 0 Å². The zero-order valence-corrected chi connectivity index (χ0v) is 8.95. The van der Waals surface area contributed by atoms with Gasteiger partial charge in [0.25, 0.3) is 0 Å². The van der Waals surface area contributed by atoms with Gasteiger partial charge in [0.15, 0.2) is 6.10 Å². The predicted molar refractivity (Wildman–Crippen MR) is 58.3 cm³/mol. The highest BCUT2D eigenvalue weighted by Crippen LogP contribution is 2.06. The van der Waals surface area contributed by atoms with Crippen LogP contribution >= 0.6 is 0 Å². The van der Waals surface area contributed by atoms with Crippen LogP contribution in [0.1, 0.15) is 5.56 Å². The van der Waals surface area contributed by atoms with Gasteiger partial charge in [0.05, 0.1) is 6.61 Å². The third-order valence-electron chi connectivity index (χ3n) is 2.13. The maximum absolute atomic E-state index is 10.8. The Morgan fingerprint density at radius 3 is 2.24 bits per heavy atom. The van der Waals surface area contributed by atoms with E-state index >= 15 is 0 Å². The molecule has 0 amide bonds. The van der Waals surface area contributed by atoms with Crippen LogP contribution < -0.4 is 5.73 Å². The maximum Gasteiger partial charge on any atom is 0.335 e. The Morgan fingerprint density at radius 1 is 1.18 bits per heavy atom. The SMILES string of the molecule is NC(C(=O)O)[C@H](OCc1ccccc1)C(=O)O. The van der Waals surface area contributed by atoms with Crippen LogP contribution in [0.15, 0.2) is 30.3 Å². The molecule has 0 bridgehead atoms. The molecule has 0 heterocycles. The Kier molecular flexibility index (Phi) is 4.62. The number of ether oxygens (including phenoxy) is 1. The molecule has 92 valence electrons. The third kappa shape index (κ3) is 3.86. The van der Waals surface area contributed by atoms with Gasteiger partial charge in [0, 0.05) is 0 Å². The summed E-state index contributed by atoms with van der Waals surface area (Å²) in [5, 5.41) is 17.4. The fourth-order valence-corrected chi connectivity index (χ4v) is 1.22. The van der Waals surface area contributed by atoms with Crippen molar-refractivity contribution in [2.24, 2.45) is 5.73 Å². The van der Waals surface area contributed by atoms with E-state index in [-0.39, 0.29) is 6.61 Å². The summed E-state index contributed by atoms with van der Waals surface area (Å²) in [6.45, 7) is -0.00120. The Bertz CT molecular complexity index is 392. The minimum atomic E-state index is -1.59. The van der Waals surface area contributed by atoms with Crippen LogP contribution in [0, 0.1) is 0 Å². The Labute approximate surface area is 97.6 Å². The average molecular weight is 239 g/mol. The van der Waals surface area contributed by atoms with Gasteiger partial charge in [-0.2, -0.15) is 0 Å². The fourth-order valence-electron chi connectivity index (χ4n) is 1.22. The first-order chi connectivity index (χ1) is 8.02. The molecule has 0 aliphatic heterocycles. The van der Waals surface area contributed by atoms with Crippen LogP contribution in [0.5, 0.6) is 0 Å². The van der Waals surface area contributed by atoms with Crippen molar-refractivity contribution in [2.45, 2.75) is 18.8 Å². The van der Waals surface area contributed by atoms with Crippen molar-refractivity contribution in [2.75, 3.05) is 0 Å². The van der Waals surface area contributed by atoms with Crippen LogP contribution in [0.25, 0.3) is 0 Å². The molecule has 1 aromatic rings. The van der Waals surface area contributed by atoms with Crippen LogP contribution in [0.3, 0.4) is 0 Å². The van der Waals surface area contributed by atoms with Crippen molar-refractivity contribution >= 4 is 11.9 Å². The number of hydrogen-bond acceptors (Lipinski definition) is 4. The van der Waals surface area contributed by atoms with E-state index < -0.39 is 24.1 Å². The summed E-state index contributed by atoms with van der Waals surface area (Å²) in [6.07, 6.45) is -1.56. The van der Waals surface area contributed by atoms with Crippen LogP contribution in [-0.4, -0.2) is 34.3 Å². The Balaban J connectivity index is 2.63. The molecule has 1 aromatic carbocycles. The Morgan fingerprint density at radius 2 is 1.76 bits per heavy atom. The molecule has 0 fully saturated rings. The van der Waals surface area contributed by atoms with Crippen molar-refractivity contribution in [3.8, 4) is 0 Å². The topological polar surface area (TPSA) is 110 Å². The number of hydrogen-bond donors (Lipinski definition) is 3. The number of carbonyl (C=O) groups is 2. The molecule has 4 N–H and O–H groups in total. The van der Waals surface area contributed by atoms with Crippen LogP contribution in [0.2, 0.25) is 0 Å². The lowest BCUT2D eigenvalue weighted by atomic mass is 10.1. The summed E-state index contributed by atoms with van der Waals surface area (Å²) in [5.74, 6) is -2.80. The lowest BCUT2D eigenvalue weighted by molar-refractivity contribution is -0.159. The van der Waals surface area contributed by atoms with E-state index in [1.54, 1.807) is 30.3 Å². The molecule has 0 saturated carbocycles. The van der Waals surface area contributed by atoms with Crippen molar-refractivity contribution < 1.29 is 24.5 Å². The molecule has 1 rings (SSSR count). The summed E-state index contributed by atoms with van der Waals surface area (Å²) in [6, 6.07) is 7.24. The standard InChI is InChI=1S/C11H13NO5/c12-8(10(13)14)9(11(15)16)17-6-7-4-2-1-3-5-7/h1-5,8-9H,6,12H2,(H,13,14)(H,15,16)/t8?,9-/m0/s1. The molecule has 0 spiro atoms. The van der Waals surface area contributed by atoms with Gasteiger partial charge in [0.2, 0.25) is 0 Å². The quantitative estimate of drug-likeness (QED) is 0.648. The zero-order chi connectivity index (χ0) is 12.8. The van der Waals surface area contributed by atoms with Gasteiger partial charge in [-0.25, -0.2) is 4.79 Å². The summed E-state index contributed by atoms with van der Waals surface area (Å²) < 4.78 is 5.01. The summed E-state index contributed by atoms with van der Waals surface area (Å²) in [5.41, 5.74) is 5.97. The second-order valence-electron chi connectivity index (χ2n) is 3.42. The highest BCUT2D eigenvalue weighted by atomic mass is 16.5. The fraction of sp³-hybridized carbons (Fsp3) is 0.273. The normalized spacial score (nSPS) is 13.9. The Hall–Kier alpha value is -1.92. The summed E-state index contributed by atoms with van der Waals surface area (Å²) in [7, 11) is 0. The largest absolute Gasteiger partial charge is 0.480 e. The molecule has 17 heavy (non-hydrogen) atoms. The molecule has 0 radical (unpaired) electrons. The third-order valence-corrected chi connectivity index (χ3v) is 2.13. The lowest BCUT2D eigenvalue weighted by Crippen LogP contribution is -2.47. The van der Waals surface area contributed by atoms with E-state index in [4.69, 9.17) is 20.7 Å². The number of carboxylic acids is 2. The van der Waals surface area contributed by atoms with E-state index in [9.17, 15) is 9.59 Å². The van der Waals surface area contributed by atoms with Crippen LogP contribution in [-0.2, 0) is 20.9 Å². The minimum absolute atomic E-state index is 0.00120. The smallest absolute Gasteiger partial charge is 0.335 e. The van der Waals surface area contributed by atoms with E-state index in [2.05, 4.69) is 0 Å². The molecule has 0 aliphatic rings. The van der Waals surface area contributed by atoms with Gasteiger partial charge in [-0.15, -0.1) is 0 Å². The highest BCUT2D eigenvalue weighted by Gasteiger charge is 2.31. The molecular weight excluding hydrogens is 226 g/mol. The molecule has 6 nitrogen and oxygen atoms in total. The molecule has 0 saturated heterocycles. The molecular formula is C11H13NO5. The first-order valence-electron chi connectivity index (χ1n) is 4.89. The van der Waals surface area contributed by atoms with Gasteiger partial charge >= 0.3 is 11.9 Å².